The molecule has 0 radical (unpaired) electrons. The zero-order valence-electron chi connectivity index (χ0n) is 17.6. The fourth-order valence-corrected chi connectivity index (χ4v) is 6.28. The van der Waals surface area contributed by atoms with Crippen LogP contribution in [0.2, 0.25) is 0 Å². The predicted octanol–water partition coefficient (Wildman–Crippen LogP) is 3.98. The molecule has 1 fully saturated rings. The molecule has 3 aromatic rings. The quantitative estimate of drug-likeness (QED) is 0.606. The van der Waals surface area contributed by atoms with Gasteiger partial charge in [-0.25, -0.2) is 13.1 Å². The zero-order valence-corrected chi connectivity index (χ0v) is 19.2. The first-order valence-electron chi connectivity index (χ1n) is 10.3. The summed E-state index contributed by atoms with van der Waals surface area (Å²) in [5.41, 5.74) is 0.975. The number of nitrogens with zero attached hydrogens (tertiary/aromatic N) is 1. The number of methoxy groups -OCH3 is 1. The van der Waals surface area contributed by atoms with E-state index in [0.29, 0.717) is 30.1 Å². The van der Waals surface area contributed by atoms with Crippen LogP contribution >= 0.6 is 11.3 Å². The molecule has 164 valence electrons. The van der Waals surface area contributed by atoms with E-state index in [9.17, 15) is 13.2 Å². The molecule has 0 bridgehead atoms. The van der Waals surface area contributed by atoms with Crippen molar-refractivity contribution < 1.29 is 17.9 Å². The number of hydrogen-bond acceptors (Lipinski definition) is 5. The number of rotatable bonds is 6. The van der Waals surface area contributed by atoms with Gasteiger partial charge in [-0.1, -0.05) is 30.3 Å². The first-order valence-corrected chi connectivity index (χ1v) is 12.7. The van der Waals surface area contributed by atoms with E-state index in [1.54, 1.807) is 24.6 Å². The SMILES string of the molecule is COc1ccc2cc([C@H](C)C(=O)N3CCC(NS(=O)(=O)c4cccs4)CC3)ccc2c1. The van der Waals surface area contributed by atoms with Gasteiger partial charge in [0.1, 0.15) is 9.96 Å². The van der Waals surface area contributed by atoms with Crippen LogP contribution in [0.15, 0.2) is 58.1 Å². The normalized spacial score (nSPS) is 16.4. The number of piperidine rings is 1. The lowest BCUT2D eigenvalue weighted by Gasteiger charge is -2.33. The average Bonchev–Trinajstić information content (AvgIpc) is 3.34. The maximum Gasteiger partial charge on any atom is 0.250 e. The van der Waals surface area contributed by atoms with Gasteiger partial charge in [-0.15, -0.1) is 11.3 Å². The molecule has 1 amide bonds. The van der Waals surface area contributed by atoms with E-state index in [2.05, 4.69) is 10.8 Å². The second-order valence-electron chi connectivity index (χ2n) is 7.85. The van der Waals surface area contributed by atoms with Gasteiger partial charge in [-0.3, -0.25) is 4.79 Å². The molecule has 1 aromatic heterocycles. The van der Waals surface area contributed by atoms with Crippen molar-refractivity contribution in [1.82, 2.24) is 9.62 Å². The van der Waals surface area contributed by atoms with Crippen molar-refractivity contribution in [2.75, 3.05) is 20.2 Å². The summed E-state index contributed by atoms with van der Waals surface area (Å²) in [5.74, 6) is 0.625. The van der Waals surface area contributed by atoms with Gasteiger partial charge in [0.05, 0.1) is 13.0 Å². The summed E-state index contributed by atoms with van der Waals surface area (Å²) < 4.78 is 33.2. The van der Waals surface area contributed by atoms with Gasteiger partial charge >= 0.3 is 0 Å². The third-order valence-electron chi connectivity index (χ3n) is 5.83. The summed E-state index contributed by atoms with van der Waals surface area (Å²) in [5, 5.41) is 3.89. The van der Waals surface area contributed by atoms with Crippen LogP contribution in [0.25, 0.3) is 10.8 Å². The number of thiophene rings is 1. The molecular formula is C23H26N2O4S2. The van der Waals surface area contributed by atoms with E-state index in [4.69, 9.17) is 4.74 Å². The molecule has 8 heteroatoms. The van der Waals surface area contributed by atoms with Crippen LogP contribution in [-0.4, -0.2) is 45.5 Å². The lowest BCUT2D eigenvalue weighted by atomic mass is 9.95. The fourth-order valence-electron chi connectivity index (χ4n) is 3.97. The molecule has 1 aliphatic heterocycles. The highest BCUT2D eigenvalue weighted by atomic mass is 32.2. The molecule has 0 spiro atoms. The van der Waals surface area contributed by atoms with E-state index >= 15 is 0 Å². The Balaban J connectivity index is 1.38. The van der Waals surface area contributed by atoms with Crippen molar-refractivity contribution in [2.45, 2.75) is 35.9 Å². The number of fused-ring (bicyclic) bond motifs is 1. The number of carbonyl (C=O) groups excluding carboxylic acids is 1. The van der Waals surface area contributed by atoms with E-state index < -0.39 is 10.0 Å². The number of amides is 1. The Morgan fingerprint density at radius 1 is 1.13 bits per heavy atom. The molecule has 31 heavy (non-hydrogen) atoms. The summed E-state index contributed by atoms with van der Waals surface area (Å²) in [6.45, 7) is 3.02. The topological polar surface area (TPSA) is 75.7 Å². The predicted molar refractivity (Wildman–Crippen MR) is 123 cm³/mol. The van der Waals surface area contributed by atoms with Gasteiger partial charge in [0.25, 0.3) is 0 Å². The third-order valence-corrected chi connectivity index (χ3v) is 8.75. The molecule has 2 aromatic carbocycles. The van der Waals surface area contributed by atoms with Gasteiger partial charge in [0.2, 0.25) is 15.9 Å². The number of hydrogen-bond donors (Lipinski definition) is 1. The van der Waals surface area contributed by atoms with Crippen LogP contribution in [-0.2, 0) is 14.8 Å². The summed E-state index contributed by atoms with van der Waals surface area (Å²) in [4.78, 5) is 14.9. The molecule has 4 rings (SSSR count). The van der Waals surface area contributed by atoms with Crippen LogP contribution < -0.4 is 9.46 Å². The van der Waals surface area contributed by atoms with Crippen LogP contribution in [0.1, 0.15) is 31.2 Å². The van der Waals surface area contributed by atoms with Gasteiger partial charge in [0, 0.05) is 19.1 Å². The van der Waals surface area contributed by atoms with Gasteiger partial charge < -0.3 is 9.64 Å². The lowest BCUT2D eigenvalue weighted by Crippen LogP contribution is -2.47. The first-order chi connectivity index (χ1) is 14.9. The molecule has 0 saturated carbocycles. The van der Waals surface area contributed by atoms with Crippen LogP contribution in [0.5, 0.6) is 5.75 Å². The molecule has 0 aliphatic carbocycles. The number of likely N-dealkylation sites (tertiary alicyclic amines) is 1. The minimum absolute atomic E-state index is 0.0763. The van der Waals surface area contributed by atoms with Crippen molar-refractivity contribution in [1.29, 1.82) is 0 Å². The molecule has 1 atom stereocenters. The van der Waals surface area contributed by atoms with Crippen LogP contribution in [0, 0.1) is 0 Å². The summed E-state index contributed by atoms with van der Waals surface area (Å²) in [7, 11) is -1.84. The Morgan fingerprint density at radius 2 is 1.84 bits per heavy atom. The molecule has 2 heterocycles. The second kappa shape index (κ2) is 8.98. The van der Waals surface area contributed by atoms with Crippen molar-refractivity contribution >= 4 is 38.0 Å². The second-order valence-corrected chi connectivity index (χ2v) is 10.7. The Kier molecular flexibility index (Phi) is 6.31. The Labute approximate surface area is 186 Å². The molecular weight excluding hydrogens is 432 g/mol. The number of nitrogens with one attached hydrogen (secondary N) is 1. The van der Waals surface area contributed by atoms with Crippen molar-refractivity contribution in [3.05, 3.63) is 59.5 Å². The molecule has 1 aliphatic rings. The van der Waals surface area contributed by atoms with Crippen LogP contribution in [0.3, 0.4) is 0 Å². The standard InChI is InChI=1S/C23H26N2O4S2/c1-16(17-5-6-19-15-21(29-2)8-7-18(19)14-17)23(26)25-11-9-20(10-12-25)24-31(27,28)22-4-3-13-30-22/h3-8,13-16,20,24H,9-12H2,1-2H3/t16-/m0/s1. The number of carbonyl (C=O) groups is 1. The third kappa shape index (κ3) is 4.76. The largest absolute Gasteiger partial charge is 0.497 e. The van der Waals surface area contributed by atoms with Gasteiger partial charge in [-0.05, 0) is 59.7 Å². The van der Waals surface area contributed by atoms with Gasteiger partial charge in [0.15, 0.2) is 0 Å². The van der Waals surface area contributed by atoms with Crippen molar-refractivity contribution in [3.63, 3.8) is 0 Å². The lowest BCUT2D eigenvalue weighted by molar-refractivity contribution is -0.133. The highest BCUT2D eigenvalue weighted by Gasteiger charge is 2.29. The Hall–Kier alpha value is -2.42. The summed E-state index contributed by atoms with van der Waals surface area (Å²) in [6, 6.07) is 15.1. The maximum atomic E-state index is 13.1. The number of ether oxygens (including phenoxy) is 1. The average molecular weight is 459 g/mol. The van der Waals surface area contributed by atoms with E-state index in [0.717, 1.165) is 22.1 Å². The maximum absolute atomic E-state index is 13.1. The molecule has 0 unspecified atom stereocenters. The smallest absolute Gasteiger partial charge is 0.250 e. The van der Waals surface area contributed by atoms with E-state index in [1.807, 2.05) is 42.2 Å². The minimum Gasteiger partial charge on any atom is -0.497 e. The van der Waals surface area contributed by atoms with Gasteiger partial charge in [-0.2, -0.15) is 0 Å². The van der Waals surface area contributed by atoms with Crippen molar-refractivity contribution in [2.24, 2.45) is 0 Å². The highest BCUT2D eigenvalue weighted by Crippen LogP contribution is 2.27. The van der Waals surface area contributed by atoms with Crippen molar-refractivity contribution in [3.8, 4) is 5.75 Å². The monoisotopic (exact) mass is 458 g/mol. The van der Waals surface area contributed by atoms with E-state index in [1.165, 1.54) is 11.3 Å². The molecule has 6 nitrogen and oxygen atoms in total. The molecule has 1 N–H and O–H groups in total. The number of benzene rings is 2. The Morgan fingerprint density at radius 3 is 2.52 bits per heavy atom. The van der Waals surface area contributed by atoms with E-state index in [-0.39, 0.29) is 17.9 Å². The zero-order chi connectivity index (χ0) is 22.0. The minimum atomic E-state index is -3.48. The van der Waals surface area contributed by atoms with Crippen LogP contribution in [0.4, 0.5) is 0 Å². The summed E-state index contributed by atoms with van der Waals surface area (Å²) in [6.07, 6.45) is 1.22. The highest BCUT2D eigenvalue weighted by molar-refractivity contribution is 7.91. The first kappa shape index (κ1) is 21.8. The Bertz CT molecular complexity index is 1170. The molecule has 1 saturated heterocycles. The fraction of sp³-hybridized carbons (Fsp3) is 0.348. The number of sulfonamides is 1. The summed E-state index contributed by atoms with van der Waals surface area (Å²) >= 11 is 1.21.